The molecule has 0 aliphatic carbocycles. The van der Waals surface area contributed by atoms with E-state index in [0.29, 0.717) is 19.6 Å². The van der Waals surface area contributed by atoms with Gasteiger partial charge in [-0.25, -0.2) is 14.6 Å². The number of rotatable bonds is 4. The molecule has 114 valence electrons. The largest absolute Gasteiger partial charge is 0.477 e. The van der Waals surface area contributed by atoms with Crippen molar-refractivity contribution in [2.75, 3.05) is 25.0 Å². The van der Waals surface area contributed by atoms with Crippen LogP contribution in [0.2, 0.25) is 5.28 Å². The number of anilines is 1. The summed E-state index contributed by atoms with van der Waals surface area (Å²) in [6.45, 7) is 1.38. The van der Waals surface area contributed by atoms with Gasteiger partial charge in [-0.15, -0.1) is 0 Å². The Morgan fingerprint density at radius 3 is 2.90 bits per heavy atom. The van der Waals surface area contributed by atoms with E-state index in [2.05, 4.69) is 15.3 Å². The first-order valence-corrected chi connectivity index (χ1v) is 6.82. The monoisotopic (exact) mass is 314 g/mol. The Hall–Kier alpha value is -2.09. The molecule has 1 fully saturated rings. The predicted octanol–water partition coefficient (Wildman–Crippen LogP) is 1.63. The normalized spacial score (nSPS) is 18.3. The van der Waals surface area contributed by atoms with E-state index >= 15 is 0 Å². The van der Waals surface area contributed by atoms with Crippen LogP contribution in [0.5, 0.6) is 0 Å². The van der Waals surface area contributed by atoms with Crippen molar-refractivity contribution in [2.45, 2.75) is 12.8 Å². The number of carboxylic acids is 1. The first-order valence-electron chi connectivity index (χ1n) is 6.45. The maximum Gasteiger partial charge on any atom is 0.407 e. The minimum absolute atomic E-state index is 0.0432. The smallest absolute Gasteiger partial charge is 0.407 e. The molecule has 0 saturated carbocycles. The average Bonchev–Trinajstić information content (AvgIpc) is 2.45. The van der Waals surface area contributed by atoms with Gasteiger partial charge in [-0.2, -0.15) is 4.98 Å². The molecule has 1 aliphatic heterocycles. The maximum absolute atomic E-state index is 11.1. The number of halogens is 1. The van der Waals surface area contributed by atoms with Gasteiger partial charge in [-0.1, -0.05) is 0 Å². The van der Waals surface area contributed by atoms with Crippen molar-refractivity contribution < 1.29 is 19.8 Å². The van der Waals surface area contributed by atoms with Crippen LogP contribution in [0.3, 0.4) is 0 Å². The van der Waals surface area contributed by atoms with E-state index in [1.165, 1.54) is 4.90 Å². The molecule has 2 rings (SSSR count). The summed E-state index contributed by atoms with van der Waals surface area (Å²) in [5.41, 5.74) is -0.0645. The molecule has 1 aliphatic rings. The second-order valence-corrected chi connectivity index (χ2v) is 5.16. The van der Waals surface area contributed by atoms with E-state index in [1.54, 1.807) is 0 Å². The number of aromatic nitrogens is 2. The summed E-state index contributed by atoms with van der Waals surface area (Å²) in [7, 11) is 0. The number of hydrogen-bond acceptors (Lipinski definition) is 5. The fourth-order valence-electron chi connectivity index (χ4n) is 2.30. The van der Waals surface area contributed by atoms with Crippen LogP contribution in [-0.2, 0) is 0 Å². The second kappa shape index (κ2) is 6.57. The second-order valence-electron chi connectivity index (χ2n) is 4.82. The third-order valence-electron chi connectivity index (χ3n) is 3.34. The molecular formula is C12H15ClN4O4. The van der Waals surface area contributed by atoms with Gasteiger partial charge in [-0.05, 0) is 30.4 Å². The maximum atomic E-state index is 11.1. The summed E-state index contributed by atoms with van der Waals surface area (Å²) in [5, 5.41) is 20.9. The van der Waals surface area contributed by atoms with Crippen LogP contribution in [0, 0.1) is 5.92 Å². The third kappa shape index (κ3) is 3.94. The molecule has 3 N–H and O–H groups in total. The lowest BCUT2D eigenvalue weighted by Gasteiger charge is -2.30. The zero-order valence-corrected chi connectivity index (χ0v) is 11.9. The SMILES string of the molecule is O=C(O)c1cnc(Cl)nc1NCC1CCCN(C(=O)O)C1. The van der Waals surface area contributed by atoms with Gasteiger partial charge < -0.3 is 20.4 Å². The summed E-state index contributed by atoms with van der Waals surface area (Å²) in [5.74, 6) is -0.898. The molecule has 1 aromatic rings. The van der Waals surface area contributed by atoms with E-state index in [9.17, 15) is 9.59 Å². The van der Waals surface area contributed by atoms with Crippen molar-refractivity contribution in [1.82, 2.24) is 14.9 Å². The van der Waals surface area contributed by atoms with Gasteiger partial charge in [-0.3, -0.25) is 0 Å². The molecule has 8 nitrogen and oxygen atoms in total. The zero-order valence-electron chi connectivity index (χ0n) is 11.1. The van der Waals surface area contributed by atoms with Crippen molar-refractivity contribution in [3.05, 3.63) is 17.0 Å². The van der Waals surface area contributed by atoms with Gasteiger partial charge in [0.05, 0.1) is 0 Å². The Morgan fingerprint density at radius 1 is 1.48 bits per heavy atom. The molecule has 0 aromatic carbocycles. The van der Waals surface area contributed by atoms with Gasteiger partial charge in [0.1, 0.15) is 11.4 Å². The van der Waals surface area contributed by atoms with Gasteiger partial charge in [0.2, 0.25) is 5.28 Å². The van der Waals surface area contributed by atoms with Gasteiger partial charge in [0, 0.05) is 25.8 Å². The number of hydrogen-bond donors (Lipinski definition) is 3. The highest BCUT2D eigenvalue weighted by Gasteiger charge is 2.23. The molecule has 9 heteroatoms. The van der Waals surface area contributed by atoms with Crippen molar-refractivity contribution in [3.63, 3.8) is 0 Å². The van der Waals surface area contributed by atoms with Gasteiger partial charge >= 0.3 is 12.1 Å². The van der Waals surface area contributed by atoms with Crippen LogP contribution in [0.15, 0.2) is 6.20 Å². The Labute approximate surface area is 125 Å². The summed E-state index contributed by atoms with van der Waals surface area (Å²) >= 11 is 5.67. The highest BCUT2D eigenvalue weighted by atomic mass is 35.5. The number of aromatic carboxylic acids is 1. The molecule has 1 amide bonds. The van der Waals surface area contributed by atoms with Crippen molar-refractivity contribution in [2.24, 2.45) is 5.92 Å². The number of nitrogens with zero attached hydrogens (tertiary/aromatic N) is 3. The van der Waals surface area contributed by atoms with Crippen LogP contribution in [0.25, 0.3) is 0 Å². The molecule has 0 spiro atoms. The summed E-state index contributed by atoms with van der Waals surface area (Å²) < 4.78 is 0. The van der Waals surface area contributed by atoms with Crippen LogP contribution in [0.1, 0.15) is 23.2 Å². The van der Waals surface area contributed by atoms with Crippen LogP contribution < -0.4 is 5.32 Å². The first-order chi connectivity index (χ1) is 9.97. The minimum atomic E-state index is -1.15. The zero-order chi connectivity index (χ0) is 15.4. The highest BCUT2D eigenvalue weighted by molar-refractivity contribution is 6.28. The van der Waals surface area contributed by atoms with Crippen molar-refractivity contribution in [1.29, 1.82) is 0 Å². The summed E-state index contributed by atoms with van der Waals surface area (Å²) in [6.07, 6.45) is 1.87. The summed E-state index contributed by atoms with van der Waals surface area (Å²) in [6, 6.07) is 0. The molecule has 1 saturated heterocycles. The predicted molar refractivity (Wildman–Crippen MR) is 74.8 cm³/mol. The first kappa shape index (κ1) is 15.3. The number of amides is 1. The number of likely N-dealkylation sites (tertiary alicyclic amines) is 1. The molecular weight excluding hydrogens is 300 g/mol. The van der Waals surface area contributed by atoms with Gasteiger partial charge in [0.15, 0.2) is 0 Å². The van der Waals surface area contributed by atoms with Crippen molar-refractivity contribution in [3.8, 4) is 0 Å². The number of carbonyl (C=O) groups is 2. The Balaban J connectivity index is 2.01. The number of piperidine rings is 1. The van der Waals surface area contributed by atoms with E-state index in [0.717, 1.165) is 19.0 Å². The van der Waals surface area contributed by atoms with E-state index in [4.69, 9.17) is 21.8 Å². The summed E-state index contributed by atoms with van der Waals surface area (Å²) in [4.78, 5) is 30.9. The van der Waals surface area contributed by atoms with Crippen LogP contribution in [-0.4, -0.2) is 56.8 Å². The molecule has 1 atom stereocenters. The topological polar surface area (TPSA) is 116 Å². The minimum Gasteiger partial charge on any atom is -0.477 e. The Bertz CT molecular complexity index is 554. The van der Waals surface area contributed by atoms with E-state index in [1.807, 2.05) is 0 Å². The van der Waals surface area contributed by atoms with E-state index in [-0.39, 0.29) is 22.6 Å². The Kier molecular flexibility index (Phi) is 4.79. The fraction of sp³-hybridized carbons (Fsp3) is 0.500. The van der Waals surface area contributed by atoms with Crippen LogP contribution in [0.4, 0.5) is 10.6 Å². The molecule has 21 heavy (non-hydrogen) atoms. The molecule has 0 bridgehead atoms. The van der Waals surface area contributed by atoms with Crippen LogP contribution >= 0.6 is 11.6 Å². The molecule has 1 unspecified atom stereocenters. The standard InChI is InChI=1S/C12H15ClN4O4/c13-11-15-5-8(10(18)19)9(16-11)14-4-7-2-1-3-17(6-7)12(20)21/h5,7H,1-4,6H2,(H,18,19)(H,20,21)(H,14,15,16). The molecule has 2 heterocycles. The molecule has 0 radical (unpaired) electrons. The van der Waals surface area contributed by atoms with Crippen molar-refractivity contribution >= 4 is 29.5 Å². The lowest BCUT2D eigenvalue weighted by Crippen LogP contribution is -2.41. The average molecular weight is 315 g/mol. The highest BCUT2D eigenvalue weighted by Crippen LogP contribution is 2.19. The number of carboxylic acid groups (broad SMARTS) is 2. The Morgan fingerprint density at radius 2 is 2.24 bits per heavy atom. The fourth-order valence-corrected chi connectivity index (χ4v) is 2.43. The van der Waals surface area contributed by atoms with Gasteiger partial charge in [0.25, 0.3) is 0 Å². The van der Waals surface area contributed by atoms with E-state index < -0.39 is 12.1 Å². The molecule has 1 aromatic heterocycles. The number of nitrogens with one attached hydrogen (secondary N) is 1. The quantitative estimate of drug-likeness (QED) is 0.723. The third-order valence-corrected chi connectivity index (χ3v) is 3.52. The lowest BCUT2D eigenvalue weighted by molar-refractivity contribution is 0.0697. The lowest BCUT2D eigenvalue weighted by atomic mass is 9.98.